The summed E-state index contributed by atoms with van der Waals surface area (Å²) >= 11 is 12.2. The number of nitrogens with zero attached hydrogens (tertiary/aromatic N) is 2. The number of benzene rings is 3. The standard InChI is InChI=1S/C31H32Cl2N2O4/c1-31(2)18-28(21-6-8-23(32)9-7-21)22(20-38-31)19-34-12-14-35(15-13-34)25-10-11-27(30(36)37)29(17-25)39-26-5-3-4-24(33)16-26/h3-11,16-17H,12-15,18-20H2,1-2H3,(H,36,37). The molecule has 0 bridgehead atoms. The highest BCUT2D eigenvalue weighted by molar-refractivity contribution is 6.30. The van der Waals surface area contributed by atoms with Crippen LogP contribution < -0.4 is 9.64 Å². The fourth-order valence-corrected chi connectivity index (χ4v) is 5.44. The summed E-state index contributed by atoms with van der Waals surface area (Å²) in [5.74, 6) is -0.245. The van der Waals surface area contributed by atoms with Crippen LogP contribution in [0.15, 0.2) is 72.3 Å². The average Bonchev–Trinajstić information content (AvgIpc) is 2.90. The molecule has 5 rings (SSSR count). The lowest BCUT2D eigenvalue weighted by Crippen LogP contribution is -2.47. The third-order valence-electron chi connectivity index (χ3n) is 7.23. The number of hydrogen-bond acceptors (Lipinski definition) is 5. The van der Waals surface area contributed by atoms with E-state index in [1.54, 1.807) is 36.4 Å². The summed E-state index contributed by atoms with van der Waals surface area (Å²) < 4.78 is 12.1. The van der Waals surface area contributed by atoms with Crippen LogP contribution in [-0.4, -0.2) is 60.9 Å². The van der Waals surface area contributed by atoms with Gasteiger partial charge in [0.1, 0.15) is 17.1 Å². The summed E-state index contributed by atoms with van der Waals surface area (Å²) in [6.07, 6.45) is 0.856. The van der Waals surface area contributed by atoms with Crippen LogP contribution in [0.5, 0.6) is 11.5 Å². The number of halogens is 2. The molecule has 2 heterocycles. The highest BCUT2D eigenvalue weighted by Crippen LogP contribution is 2.36. The van der Waals surface area contributed by atoms with Gasteiger partial charge in [0.25, 0.3) is 0 Å². The fraction of sp³-hybridized carbons (Fsp3) is 0.323. The first kappa shape index (κ1) is 27.5. The Hall–Kier alpha value is -3.03. The van der Waals surface area contributed by atoms with Crippen molar-refractivity contribution in [3.63, 3.8) is 0 Å². The Morgan fingerprint density at radius 3 is 2.41 bits per heavy atom. The molecule has 1 fully saturated rings. The fourth-order valence-electron chi connectivity index (χ4n) is 5.13. The van der Waals surface area contributed by atoms with E-state index < -0.39 is 5.97 Å². The molecule has 0 radical (unpaired) electrons. The third-order valence-corrected chi connectivity index (χ3v) is 7.72. The predicted molar refractivity (Wildman–Crippen MR) is 157 cm³/mol. The number of anilines is 1. The van der Waals surface area contributed by atoms with Gasteiger partial charge in [-0.3, -0.25) is 4.90 Å². The number of piperazine rings is 1. The van der Waals surface area contributed by atoms with Gasteiger partial charge >= 0.3 is 5.97 Å². The van der Waals surface area contributed by atoms with E-state index in [0.717, 1.165) is 49.9 Å². The van der Waals surface area contributed by atoms with Crippen molar-refractivity contribution in [1.82, 2.24) is 4.90 Å². The molecule has 0 spiro atoms. The SMILES string of the molecule is CC1(C)CC(c2ccc(Cl)cc2)=C(CN2CCN(c3ccc(C(=O)O)c(Oc4cccc(Cl)c4)c3)CC2)CO1. The monoisotopic (exact) mass is 566 g/mol. The number of hydrogen-bond donors (Lipinski definition) is 1. The molecule has 1 saturated heterocycles. The van der Waals surface area contributed by atoms with Gasteiger partial charge in [-0.25, -0.2) is 4.79 Å². The number of carboxylic acid groups (broad SMARTS) is 1. The van der Waals surface area contributed by atoms with Gasteiger partial charge in [0, 0.05) is 60.9 Å². The lowest BCUT2D eigenvalue weighted by Gasteiger charge is -2.39. The number of aromatic carboxylic acids is 1. The van der Waals surface area contributed by atoms with Crippen molar-refractivity contribution in [2.75, 3.05) is 44.2 Å². The van der Waals surface area contributed by atoms with Gasteiger partial charge in [0.05, 0.1) is 12.2 Å². The normalized spacial score (nSPS) is 17.8. The second-order valence-corrected chi connectivity index (χ2v) is 11.5. The topological polar surface area (TPSA) is 62.2 Å². The Bertz CT molecular complexity index is 1380. The van der Waals surface area contributed by atoms with E-state index in [0.29, 0.717) is 23.1 Å². The van der Waals surface area contributed by atoms with Crippen molar-refractivity contribution >= 4 is 40.4 Å². The number of carboxylic acids is 1. The molecule has 6 nitrogen and oxygen atoms in total. The zero-order valence-corrected chi connectivity index (χ0v) is 23.6. The Balaban J connectivity index is 1.30. The van der Waals surface area contributed by atoms with E-state index in [1.165, 1.54) is 16.7 Å². The van der Waals surface area contributed by atoms with Crippen LogP contribution in [0, 0.1) is 0 Å². The Morgan fingerprint density at radius 2 is 1.72 bits per heavy atom. The molecule has 1 N–H and O–H groups in total. The maximum Gasteiger partial charge on any atom is 0.339 e. The molecular formula is C31H32Cl2N2O4. The van der Waals surface area contributed by atoms with Gasteiger partial charge in [0.15, 0.2) is 0 Å². The molecule has 8 heteroatoms. The first-order valence-corrected chi connectivity index (χ1v) is 13.8. The zero-order chi connectivity index (χ0) is 27.6. The molecule has 2 aliphatic heterocycles. The number of carbonyl (C=O) groups is 1. The van der Waals surface area contributed by atoms with Gasteiger partial charge < -0.3 is 19.5 Å². The highest BCUT2D eigenvalue weighted by atomic mass is 35.5. The summed E-state index contributed by atoms with van der Waals surface area (Å²) in [4.78, 5) is 16.6. The van der Waals surface area contributed by atoms with E-state index in [2.05, 4.69) is 35.8 Å². The lowest BCUT2D eigenvalue weighted by atomic mass is 9.87. The predicted octanol–water partition coefficient (Wildman–Crippen LogP) is 7.26. The molecule has 0 atom stereocenters. The molecule has 0 unspecified atom stereocenters. The highest BCUT2D eigenvalue weighted by Gasteiger charge is 2.30. The second-order valence-electron chi connectivity index (χ2n) is 10.6. The second kappa shape index (κ2) is 11.6. The van der Waals surface area contributed by atoms with Crippen LogP contribution in [0.4, 0.5) is 5.69 Å². The van der Waals surface area contributed by atoms with Crippen LogP contribution in [-0.2, 0) is 4.74 Å². The van der Waals surface area contributed by atoms with Crippen molar-refractivity contribution in [1.29, 1.82) is 0 Å². The molecule has 2 aliphatic rings. The van der Waals surface area contributed by atoms with Crippen molar-refractivity contribution in [2.45, 2.75) is 25.9 Å². The Labute approximate surface area is 239 Å². The van der Waals surface area contributed by atoms with Crippen LogP contribution in [0.25, 0.3) is 5.57 Å². The zero-order valence-electron chi connectivity index (χ0n) is 22.1. The Morgan fingerprint density at radius 1 is 0.974 bits per heavy atom. The molecule has 0 aliphatic carbocycles. The largest absolute Gasteiger partial charge is 0.478 e. The molecule has 39 heavy (non-hydrogen) atoms. The van der Waals surface area contributed by atoms with Gasteiger partial charge in [-0.2, -0.15) is 0 Å². The van der Waals surface area contributed by atoms with Crippen LogP contribution in [0.2, 0.25) is 10.0 Å². The first-order chi connectivity index (χ1) is 18.7. The lowest BCUT2D eigenvalue weighted by molar-refractivity contribution is -0.0101. The average molecular weight is 568 g/mol. The van der Waals surface area contributed by atoms with Gasteiger partial charge in [-0.1, -0.05) is 41.4 Å². The maximum absolute atomic E-state index is 11.8. The molecule has 3 aromatic rings. The summed E-state index contributed by atoms with van der Waals surface area (Å²) in [6, 6.07) is 20.3. The number of ether oxygens (including phenoxy) is 2. The van der Waals surface area contributed by atoms with E-state index >= 15 is 0 Å². The number of rotatable bonds is 7. The van der Waals surface area contributed by atoms with E-state index in [-0.39, 0.29) is 11.2 Å². The van der Waals surface area contributed by atoms with Crippen LogP contribution in [0.3, 0.4) is 0 Å². The van der Waals surface area contributed by atoms with Crippen molar-refractivity contribution < 1.29 is 19.4 Å². The van der Waals surface area contributed by atoms with E-state index in [9.17, 15) is 9.90 Å². The Kier molecular flexibility index (Phi) is 8.19. The summed E-state index contributed by atoms with van der Waals surface area (Å²) in [7, 11) is 0. The quantitative estimate of drug-likeness (QED) is 0.324. The minimum atomic E-state index is -1.04. The molecule has 0 aromatic heterocycles. The summed E-state index contributed by atoms with van der Waals surface area (Å²) in [6.45, 7) is 9.14. The maximum atomic E-state index is 11.8. The minimum absolute atomic E-state index is 0.110. The van der Waals surface area contributed by atoms with Gasteiger partial charge in [0.2, 0.25) is 0 Å². The molecule has 0 amide bonds. The summed E-state index contributed by atoms with van der Waals surface area (Å²) in [5, 5.41) is 11.0. The van der Waals surface area contributed by atoms with E-state index in [1.807, 2.05) is 18.2 Å². The smallest absolute Gasteiger partial charge is 0.339 e. The van der Waals surface area contributed by atoms with E-state index in [4.69, 9.17) is 32.7 Å². The molecule has 3 aromatic carbocycles. The molecular weight excluding hydrogens is 535 g/mol. The van der Waals surface area contributed by atoms with Gasteiger partial charge in [-0.15, -0.1) is 0 Å². The van der Waals surface area contributed by atoms with Crippen LogP contribution >= 0.6 is 23.2 Å². The van der Waals surface area contributed by atoms with Crippen molar-refractivity contribution in [3.8, 4) is 11.5 Å². The van der Waals surface area contributed by atoms with Crippen LogP contribution in [0.1, 0.15) is 36.2 Å². The van der Waals surface area contributed by atoms with Crippen molar-refractivity contribution in [3.05, 3.63) is 93.5 Å². The van der Waals surface area contributed by atoms with Gasteiger partial charge in [-0.05, 0) is 73.0 Å². The summed E-state index contributed by atoms with van der Waals surface area (Å²) in [5.41, 5.74) is 4.70. The van der Waals surface area contributed by atoms with Crippen molar-refractivity contribution in [2.24, 2.45) is 0 Å². The third kappa shape index (κ3) is 6.76. The first-order valence-electron chi connectivity index (χ1n) is 13.1. The molecule has 204 valence electrons. The minimum Gasteiger partial charge on any atom is -0.478 e. The molecule has 0 saturated carbocycles.